The summed E-state index contributed by atoms with van der Waals surface area (Å²) in [6, 6.07) is 6.21. The number of nitrogens with zero attached hydrogens (tertiary/aromatic N) is 3. The van der Waals surface area contributed by atoms with Crippen molar-refractivity contribution >= 4 is 34.2 Å². The zero-order valence-corrected chi connectivity index (χ0v) is 13.9. The summed E-state index contributed by atoms with van der Waals surface area (Å²) < 4.78 is 6.37. The van der Waals surface area contributed by atoms with Crippen molar-refractivity contribution in [3.8, 4) is 11.5 Å². The second-order valence-electron chi connectivity index (χ2n) is 4.42. The average molecular weight is 376 g/mol. The van der Waals surface area contributed by atoms with Crippen LogP contribution < -0.4 is 0 Å². The predicted octanol–water partition coefficient (Wildman–Crippen LogP) is 4.17. The van der Waals surface area contributed by atoms with Crippen LogP contribution in [-0.2, 0) is 0 Å². The van der Waals surface area contributed by atoms with Gasteiger partial charge in [-0.3, -0.25) is 4.99 Å². The highest BCUT2D eigenvalue weighted by molar-refractivity contribution is 9.12. The van der Waals surface area contributed by atoms with Crippen LogP contribution in [0.1, 0.15) is 29.6 Å². The Hall–Kier alpha value is -2.54. The Morgan fingerprint density at radius 3 is 2.74 bits per heavy atom. The minimum absolute atomic E-state index is 0.202. The summed E-state index contributed by atoms with van der Waals surface area (Å²) in [6.07, 6.45) is 7.72. The van der Waals surface area contributed by atoms with Gasteiger partial charge in [0.2, 0.25) is 11.8 Å². The maximum absolute atomic E-state index is 10.8. The monoisotopic (exact) mass is 375 g/mol. The molecule has 6 nitrogen and oxygen atoms in total. The molecule has 0 saturated heterocycles. The minimum Gasteiger partial charge on any atom is -0.478 e. The molecule has 0 unspecified atom stereocenters. The first-order valence-electron chi connectivity index (χ1n) is 6.82. The minimum atomic E-state index is -0.980. The summed E-state index contributed by atoms with van der Waals surface area (Å²) >= 11 is 3.36. The lowest BCUT2D eigenvalue weighted by atomic mass is 10.1. The quantitative estimate of drug-likeness (QED) is 0.765. The fourth-order valence-electron chi connectivity index (χ4n) is 1.64. The number of carboxylic acid groups (broad SMARTS) is 1. The van der Waals surface area contributed by atoms with Gasteiger partial charge in [-0.05, 0) is 46.6 Å². The van der Waals surface area contributed by atoms with E-state index < -0.39 is 5.97 Å². The number of carboxylic acids is 1. The van der Waals surface area contributed by atoms with Gasteiger partial charge in [0.25, 0.3) is 0 Å². The van der Waals surface area contributed by atoms with Crippen LogP contribution in [0.25, 0.3) is 17.5 Å². The number of allylic oxidation sites excluding steroid dienone is 2. The molecule has 0 spiro atoms. The summed E-state index contributed by atoms with van der Waals surface area (Å²) in [6.45, 7) is 2.04. The number of hydrogen-bond acceptors (Lipinski definition) is 5. The Morgan fingerprint density at radius 1 is 1.35 bits per heavy atom. The highest BCUT2D eigenvalue weighted by Crippen LogP contribution is 2.19. The van der Waals surface area contributed by atoms with E-state index >= 15 is 0 Å². The largest absolute Gasteiger partial charge is 0.478 e. The van der Waals surface area contributed by atoms with Crippen LogP contribution in [0.2, 0.25) is 0 Å². The number of hydrogen-bond donors (Lipinski definition) is 1. The van der Waals surface area contributed by atoms with Gasteiger partial charge in [0, 0.05) is 28.5 Å². The number of aromatic carboxylic acids is 1. The van der Waals surface area contributed by atoms with E-state index in [1.54, 1.807) is 30.6 Å². The van der Waals surface area contributed by atoms with Gasteiger partial charge in [-0.15, -0.1) is 10.2 Å². The van der Waals surface area contributed by atoms with E-state index in [1.165, 1.54) is 12.1 Å². The van der Waals surface area contributed by atoms with E-state index in [9.17, 15) is 4.79 Å². The van der Waals surface area contributed by atoms with Crippen molar-refractivity contribution in [2.45, 2.75) is 13.3 Å². The van der Waals surface area contributed by atoms with Crippen molar-refractivity contribution in [2.75, 3.05) is 0 Å². The summed E-state index contributed by atoms with van der Waals surface area (Å²) in [5.74, 6) is -0.348. The first kappa shape index (κ1) is 16.8. The molecule has 1 aromatic carbocycles. The van der Waals surface area contributed by atoms with Crippen LogP contribution in [0.3, 0.4) is 0 Å². The molecule has 2 aromatic rings. The number of aromatic nitrogens is 2. The maximum atomic E-state index is 10.8. The third-order valence-corrected chi connectivity index (χ3v) is 3.25. The van der Waals surface area contributed by atoms with Crippen LogP contribution in [0, 0.1) is 0 Å². The Kier molecular flexibility index (Phi) is 5.99. The first-order chi connectivity index (χ1) is 11.1. The fourth-order valence-corrected chi connectivity index (χ4v) is 2.08. The number of benzene rings is 1. The molecule has 0 aliphatic carbocycles. The van der Waals surface area contributed by atoms with Gasteiger partial charge in [0.05, 0.1) is 5.56 Å². The Balaban J connectivity index is 2.05. The Morgan fingerprint density at radius 2 is 2.09 bits per heavy atom. The van der Waals surface area contributed by atoms with Gasteiger partial charge < -0.3 is 9.52 Å². The van der Waals surface area contributed by atoms with E-state index in [0.717, 1.165) is 10.9 Å². The fraction of sp³-hybridized carbons (Fsp3) is 0.125. The van der Waals surface area contributed by atoms with Gasteiger partial charge in [-0.25, -0.2) is 4.79 Å². The van der Waals surface area contributed by atoms with E-state index in [2.05, 4.69) is 31.1 Å². The van der Waals surface area contributed by atoms with Crippen LogP contribution in [-0.4, -0.2) is 27.5 Å². The standard InChI is InChI=1S/C16H14BrN3O3/c1-2-3-13(17)10-18-9-8-14-19-20-15(23-14)11-4-6-12(7-5-11)16(21)22/h3-10H,2H2,1H3,(H,21,22)/b9-8+,13-3+,18-10-. The van der Waals surface area contributed by atoms with E-state index in [4.69, 9.17) is 9.52 Å². The smallest absolute Gasteiger partial charge is 0.335 e. The van der Waals surface area contributed by atoms with Gasteiger partial charge in [0.15, 0.2) is 0 Å². The highest BCUT2D eigenvalue weighted by Gasteiger charge is 2.08. The summed E-state index contributed by atoms with van der Waals surface area (Å²) in [5.41, 5.74) is 0.854. The lowest BCUT2D eigenvalue weighted by Crippen LogP contribution is -1.94. The topological polar surface area (TPSA) is 88.6 Å². The molecule has 1 heterocycles. The van der Waals surface area contributed by atoms with E-state index in [1.807, 2.05) is 13.0 Å². The summed E-state index contributed by atoms with van der Waals surface area (Å²) in [4.78, 5) is 14.9. The van der Waals surface area contributed by atoms with Crippen molar-refractivity contribution in [1.29, 1.82) is 0 Å². The lowest BCUT2D eigenvalue weighted by Gasteiger charge is -1.95. The van der Waals surface area contributed by atoms with Crippen molar-refractivity contribution in [1.82, 2.24) is 10.2 Å². The normalized spacial score (nSPS) is 12.3. The van der Waals surface area contributed by atoms with E-state index in [0.29, 0.717) is 17.3 Å². The van der Waals surface area contributed by atoms with Crippen LogP contribution in [0.15, 0.2) is 50.4 Å². The molecule has 118 valence electrons. The number of aliphatic imine (C=N–C) groups is 1. The molecular weight excluding hydrogens is 362 g/mol. The van der Waals surface area contributed by atoms with Crippen LogP contribution in [0.5, 0.6) is 0 Å². The van der Waals surface area contributed by atoms with E-state index in [-0.39, 0.29) is 5.56 Å². The molecule has 1 aromatic heterocycles. The molecule has 0 atom stereocenters. The average Bonchev–Trinajstić information content (AvgIpc) is 3.01. The SMILES string of the molecule is CC\C=C(Br)/C=N\C=C\c1nnc(-c2ccc(C(=O)O)cc2)o1. The second kappa shape index (κ2) is 8.19. The van der Waals surface area contributed by atoms with Gasteiger partial charge in [-0.1, -0.05) is 13.0 Å². The molecule has 23 heavy (non-hydrogen) atoms. The molecule has 0 radical (unpaired) electrons. The number of halogens is 1. The lowest BCUT2D eigenvalue weighted by molar-refractivity contribution is 0.0697. The first-order valence-corrected chi connectivity index (χ1v) is 7.62. The van der Waals surface area contributed by atoms with Gasteiger partial charge in [-0.2, -0.15) is 0 Å². The number of rotatable bonds is 6. The zero-order valence-electron chi connectivity index (χ0n) is 12.3. The second-order valence-corrected chi connectivity index (χ2v) is 5.33. The maximum Gasteiger partial charge on any atom is 0.335 e. The van der Waals surface area contributed by atoms with Crippen molar-refractivity contribution in [3.63, 3.8) is 0 Å². The predicted molar refractivity (Wildman–Crippen MR) is 91.5 cm³/mol. The molecule has 0 aliphatic rings. The molecule has 0 amide bonds. The Bertz CT molecular complexity index is 761. The molecule has 0 bridgehead atoms. The van der Waals surface area contributed by atoms with Crippen LogP contribution in [0.4, 0.5) is 0 Å². The zero-order chi connectivity index (χ0) is 16.7. The van der Waals surface area contributed by atoms with Crippen molar-refractivity contribution in [2.24, 2.45) is 4.99 Å². The van der Waals surface area contributed by atoms with Crippen molar-refractivity contribution in [3.05, 3.63) is 52.5 Å². The highest BCUT2D eigenvalue weighted by atomic mass is 79.9. The third kappa shape index (κ3) is 5.00. The Labute approximate surface area is 141 Å². The summed E-state index contributed by atoms with van der Waals surface area (Å²) in [7, 11) is 0. The molecule has 7 heteroatoms. The van der Waals surface area contributed by atoms with Crippen molar-refractivity contribution < 1.29 is 14.3 Å². The molecule has 0 fully saturated rings. The van der Waals surface area contributed by atoms with Crippen LogP contribution >= 0.6 is 15.9 Å². The molecule has 0 aliphatic heterocycles. The molecule has 2 rings (SSSR count). The van der Waals surface area contributed by atoms with Gasteiger partial charge >= 0.3 is 5.97 Å². The molecular formula is C16H14BrN3O3. The number of carbonyl (C=O) groups is 1. The summed E-state index contributed by atoms with van der Waals surface area (Å²) in [5, 5.41) is 16.7. The third-order valence-electron chi connectivity index (χ3n) is 2.72. The van der Waals surface area contributed by atoms with Gasteiger partial charge in [0.1, 0.15) is 0 Å². The molecule has 1 N–H and O–H groups in total. The molecule has 0 saturated carbocycles.